The molecule has 3 N–H and O–H groups in total. The molecule has 1 aliphatic carbocycles. The zero-order valence-corrected chi connectivity index (χ0v) is 7.73. The van der Waals surface area contributed by atoms with Crippen LogP contribution in [0.4, 0.5) is 0 Å². The second-order valence-electron chi connectivity index (χ2n) is 3.94. The molecule has 12 heavy (non-hydrogen) atoms. The first-order chi connectivity index (χ1) is 5.62. The zero-order chi connectivity index (χ0) is 9.03. The minimum absolute atomic E-state index is 0.160. The lowest BCUT2D eigenvalue weighted by Gasteiger charge is -2.34. The van der Waals surface area contributed by atoms with Crippen LogP contribution in [0.3, 0.4) is 0 Å². The van der Waals surface area contributed by atoms with E-state index in [1.54, 1.807) is 0 Å². The average molecular weight is 170 g/mol. The molecule has 0 bridgehead atoms. The number of nitrogens with two attached hydrogens (primary N) is 1. The molecule has 0 heterocycles. The van der Waals surface area contributed by atoms with Crippen molar-refractivity contribution in [2.45, 2.75) is 44.6 Å². The maximum Gasteiger partial charge on any atom is 0.231 e. The van der Waals surface area contributed by atoms with Gasteiger partial charge in [0, 0.05) is 5.54 Å². The van der Waals surface area contributed by atoms with Gasteiger partial charge in [0.05, 0.1) is 6.54 Å². The van der Waals surface area contributed by atoms with E-state index in [4.69, 9.17) is 5.73 Å². The maximum absolute atomic E-state index is 10.5. The number of carbonyl (C=O) groups excluding carboxylic acids is 1. The van der Waals surface area contributed by atoms with Gasteiger partial charge in [0.2, 0.25) is 5.91 Å². The van der Waals surface area contributed by atoms with Crippen LogP contribution in [0.1, 0.15) is 39.0 Å². The van der Waals surface area contributed by atoms with Gasteiger partial charge < -0.3 is 11.1 Å². The molecule has 70 valence electrons. The fourth-order valence-electron chi connectivity index (χ4n) is 1.81. The first-order valence-electron chi connectivity index (χ1n) is 4.66. The number of carbonyl (C=O) groups is 1. The smallest absolute Gasteiger partial charge is 0.231 e. The Morgan fingerprint density at radius 2 is 2.00 bits per heavy atom. The van der Waals surface area contributed by atoms with Gasteiger partial charge in [-0.05, 0) is 19.8 Å². The van der Waals surface area contributed by atoms with Crippen molar-refractivity contribution in [1.29, 1.82) is 0 Å². The Bertz CT molecular complexity index is 162. The van der Waals surface area contributed by atoms with Gasteiger partial charge in [-0.1, -0.05) is 19.3 Å². The Kier molecular flexibility index (Phi) is 3.09. The predicted octanol–water partition coefficient (Wildman–Crippen LogP) is 0.784. The van der Waals surface area contributed by atoms with Gasteiger partial charge in [-0.3, -0.25) is 4.79 Å². The molecule has 0 spiro atoms. The Hall–Kier alpha value is -0.570. The quantitative estimate of drug-likeness (QED) is 0.657. The molecule has 1 fully saturated rings. The van der Waals surface area contributed by atoms with Gasteiger partial charge in [0.25, 0.3) is 0 Å². The predicted molar refractivity (Wildman–Crippen MR) is 48.7 cm³/mol. The largest absolute Gasteiger partial charge is 0.369 e. The summed E-state index contributed by atoms with van der Waals surface area (Å²) in [6, 6.07) is 0. The third-order valence-corrected chi connectivity index (χ3v) is 2.65. The van der Waals surface area contributed by atoms with E-state index in [1.807, 2.05) is 0 Å². The number of primary amides is 1. The fourth-order valence-corrected chi connectivity index (χ4v) is 1.81. The van der Waals surface area contributed by atoms with Gasteiger partial charge in [-0.25, -0.2) is 0 Å². The van der Waals surface area contributed by atoms with Crippen molar-refractivity contribution in [2.24, 2.45) is 5.73 Å². The van der Waals surface area contributed by atoms with Crippen LogP contribution in [0.25, 0.3) is 0 Å². The summed E-state index contributed by atoms with van der Waals surface area (Å²) in [5.74, 6) is -0.262. The third kappa shape index (κ3) is 2.81. The highest BCUT2D eigenvalue weighted by molar-refractivity contribution is 5.75. The summed E-state index contributed by atoms with van der Waals surface area (Å²) < 4.78 is 0. The third-order valence-electron chi connectivity index (χ3n) is 2.65. The molecule has 3 nitrogen and oxygen atoms in total. The summed E-state index contributed by atoms with van der Waals surface area (Å²) >= 11 is 0. The highest BCUT2D eigenvalue weighted by Crippen LogP contribution is 2.26. The lowest BCUT2D eigenvalue weighted by molar-refractivity contribution is -0.117. The molecule has 0 atom stereocenters. The molecule has 1 rings (SSSR count). The van der Waals surface area contributed by atoms with Crippen LogP contribution in [-0.4, -0.2) is 18.0 Å². The van der Waals surface area contributed by atoms with Crippen LogP contribution >= 0.6 is 0 Å². The Labute approximate surface area is 73.7 Å². The monoisotopic (exact) mass is 170 g/mol. The van der Waals surface area contributed by atoms with Crippen LogP contribution in [-0.2, 0) is 4.79 Å². The molecule has 0 saturated heterocycles. The zero-order valence-electron chi connectivity index (χ0n) is 7.73. The Morgan fingerprint density at radius 3 is 2.50 bits per heavy atom. The Balaban J connectivity index is 2.31. The summed E-state index contributed by atoms with van der Waals surface area (Å²) in [7, 11) is 0. The van der Waals surface area contributed by atoms with E-state index in [0.717, 1.165) is 0 Å². The topological polar surface area (TPSA) is 55.1 Å². The average Bonchev–Trinajstić information content (AvgIpc) is 2.03. The minimum Gasteiger partial charge on any atom is -0.369 e. The van der Waals surface area contributed by atoms with E-state index >= 15 is 0 Å². The van der Waals surface area contributed by atoms with Crippen LogP contribution in [0, 0.1) is 0 Å². The number of hydrogen-bond acceptors (Lipinski definition) is 2. The van der Waals surface area contributed by atoms with E-state index in [0.29, 0.717) is 6.54 Å². The number of amides is 1. The van der Waals surface area contributed by atoms with Gasteiger partial charge in [-0.15, -0.1) is 0 Å². The summed E-state index contributed by atoms with van der Waals surface area (Å²) in [6.07, 6.45) is 6.19. The summed E-state index contributed by atoms with van der Waals surface area (Å²) in [5, 5.41) is 3.22. The second kappa shape index (κ2) is 3.90. The van der Waals surface area contributed by atoms with Crippen molar-refractivity contribution in [3.8, 4) is 0 Å². The number of hydrogen-bond donors (Lipinski definition) is 2. The van der Waals surface area contributed by atoms with Crippen molar-refractivity contribution in [3.63, 3.8) is 0 Å². The van der Waals surface area contributed by atoms with E-state index < -0.39 is 0 Å². The summed E-state index contributed by atoms with van der Waals surface area (Å²) in [5.41, 5.74) is 5.23. The molecule has 0 aromatic carbocycles. The lowest BCUT2D eigenvalue weighted by atomic mass is 9.83. The normalized spacial score (nSPS) is 22.1. The molecule has 1 amide bonds. The van der Waals surface area contributed by atoms with Crippen molar-refractivity contribution in [3.05, 3.63) is 0 Å². The first-order valence-corrected chi connectivity index (χ1v) is 4.66. The van der Waals surface area contributed by atoms with Crippen molar-refractivity contribution >= 4 is 5.91 Å². The summed E-state index contributed by atoms with van der Waals surface area (Å²) in [6.45, 7) is 2.49. The van der Waals surface area contributed by atoms with E-state index in [-0.39, 0.29) is 11.4 Å². The number of nitrogens with one attached hydrogen (secondary N) is 1. The molecular weight excluding hydrogens is 152 g/mol. The van der Waals surface area contributed by atoms with E-state index in [9.17, 15) is 4.79 Å². The SMILES string of the molecule is CC1(NCC(N)=O)CCCCC1. The maximum atomic E-state index is 10.5. The van der Waals surface area contributed by atoms with E-state index in [2.05, 4.69) is 12.2 Å². The van der Waals surface area contributed by atoms with Gasteiger partial charge in [0.1, 0.15) is 0 Å². The van der Waals surface area contributed by atoms with Gasteiger partial charge >= 0.3 is 0 Å². The molecule has 0 unspecified atom stereocenters. The minimum atomic E-state index is -0.262. The van der Waals surface area contributed by atoms with Crippen LogP contribution in [0.5, 0.6) is 0 Å². The molecule has 3 heteroatoms. The van der Waals surface area contributed by atoms with Crippen LogP contribution < -0.4 is 11.1 Å². The van der Waals surface area contributed by atoms with Gasteiger partial charge in [0.15, 0.2) is 0 Å². The van der Waals surface area contributed by atoms with Crippen molar-refractivity contribution in [1.82, 2.24) is 5.32 Å². The molecule has 0 radical (unpaired) electrons. The number of rotatable bonds is 3. The lowest BCUT2D eigenvalue weighted by Crippen LogP contribution is -2.47. The van der Waals surface area contributed by atoms with E-state index in [1.165, 1.54) is 32.1 Å². The molecule has 0 aromatic heterocycles. The molecule has 0 aromatic rings. The molecule has 1 aliphatic rings. The second-order valence-corrected chi connectivity index (χ2v) is 3.94. The molecule has 0 aliphatic heterocycles. The first kappa shape index (κ1) is 9.52. The van der Waals surface area contributed by atoms with Crippen molar-refractivity contribution < 1.29 is 4.79 Å². The molecular formula is C9H18N2O. The fraction of sp³-hybridized carbons (Fsp3) is 0.889. The van der Waals surface area contributed by atoms with Crippen molar-refractivity contribution in [2.75, 3.05) is 6.54 Å². The standard InChI is InChI=1S/C9H18N2O/c1-9(11-7-8(10)12)5-3-2-4-6-9/h11H,2-7H2,1H3,(H2,10,12). The molecule has 1 saturated carbocycles. The van der Waals surface area contributed by atoms with Gasteiger partial charge in [-0.2, -0.15) is 0 Å². The van der Waals surface area contributed by atoms with Crippen LogP contribution in [0.15, 0.2) is 0 Å². The van der Waals surface area contributed by atoms with Crippen LogP contribution in [0.2, 0.25) is 0 Å². The highest BCUT2D eigenvalue weighted by Gasteiger charge is 2.25. The Morgan fingerprint density at radius 1 is 1.42 bits per heavy atom. The summed E-state index contributed by atoms with van der Waals surface area (Å²) in [4.78, 5) is 10.5. The highest BCUT2D eigenvalue weighted by atomic mass is 16.1.